The predicted octanol–water partition coefficient (Wildman–Crippen LogP) is 3.54. The van der Waals surface area contributed by atoms with Crippen molar-refractivity contribution in [2.75, 3.05) is 30.0 Å². The zero-order valence-electron chi connectivity index (χ0n) is 13.2. The molecular formula is C18H19N5. The van der Waals surface area contributed by atoms with Gasteiger partial charge in [-0.2, -0.15) is 0 Å². The zero-order chi connectivity index (χ0) is 16.2. The minimum absolute atomic E-state index is 0.711. The van der Waals surface area contributed by atoms with Crippen molar-refractivity contribution in [1.29, 1.82) is 0 Å². The van der Waals surface area contributed by atoms with Gasteiger partial charge in [0.05, 0.1) is 5.69 Å². The van der Waals surface area contributed by atoms with E-state index < -0.39 is 0 Å². The van der Waals surface area contributed by atoms with Crippen LogP contribution in [0.25, 0.3) is 11.3 Å². The van der Waals surface area contributed by atoms with Gasteiger partial charge in [0, 0.05) is 42.8 Å². The molecule has 0 radical (unpaired) electrons. The first-order valence-electron chi connectivity index (χ1n) is 7.34. The molecule has 0 aliphatic carbocycles. The third kappa shape index (κ3) is 3.58. The summed E-state index contributed by atoms with van der Waals surface area (Å²) in [7, 11) is 4.04. The van der Waals surface area contributed by atoms with Crippen molar-refractivity contribution in [2.45, 2.75) is 0 Å². The predicted molar refractivity (Wildman–Crippen MR) is 95.9 cm³/mol. The molecule has 116 valence electrons. The van der Waals surface area contributed by atoms with E-state index in [4.69, 9.17) is 5.73 Å². The smallest absolute Gasteiger partial charge is 0.134 e. The number of hydrogen-bond acceptors (Lipinski definition) is 5. The molecule has 23 heavy (non-hydrogen) atoms. The molecule has 5 nitrogen and oxygen atoms in total. The fourth-order valence-electron chi connectivity index (χ4n) is 2.29. The standard InChI is InChI=1S/C18H19N5/c1-23(2)16-8-3-5-13(9-16)17-11-18(21-12-20-17)22-15-7-4-6-14(19)10-15/h3-12H,19H2,1-2H3,(H,20,21,22). The van der Waals surface area contributed by atoms with Gasteiger partial charge >= 0.3 is 0 Å². The molecule has 0 bridgehead atoms. The molecule has 0 atom stereocenters. The van der Waals surface area contributed by atoms with Crippen LogP contribution in [0.1, 0.15) is 0 Å². The van der Waals surface area contributed by atoms with Crippen molar-refractivity contribution < 1.29 is 0 Å². The number of nitrogens with zero attached hydrogens (tertiary/aromatic N) is 3. The van der Waals surface area contributed by atoms with Gasteiger partial charge in [-0.15, -0.1) is 0 Å². The molecule has 0 saturated carbocycles. The average Bonchev–Trinajstić information content (AvgIpc) is 2.55. The summed E-state index contributed by atoms with van der Waals surface area (Å²) in [6.45, 7) is 0. The number of aromatic nitrogens is 2. The summed E-state index contributed by atoms with van der Waals surface area (Å²) in [4.78, 5) is 10.7. The van der Waals surface area contributed by atoms with Crippen LogP contribution in [0.15, 0.2) is 60.9 Å². The van der Waals surface area contributed by atoms with E-state index in [1.54, 1.807) is 6.33 Å². The lowest BCUT2D eigenvalue weighted by molar-refractivity contribution is 1.13. The summed E-state index contributed by atoms with van der Waals surface area (Å²) in [6.07, 6.45) is 1.56. The third-order valence-corrected chi connectivity index (χ3v) is 3.48. The van der Waals surface area contributed by atoms with Crippen molar-refractivity contribution in [3.63, 3.8) is 0 Å². The Morgan fingerprint density at radius 2 is 1.78 bits per heavy atom. The molecule has 1 heterocycles. The summed E-state index contributed by atoms with van der Waals surface area (Å²) in [6, 6.07) is 17.7. The van der Waals surface area contributed by atoms with Gasteiger partial charge < -0.3 is 16.0 Å². The first-order chi connectivity index (χ1) is 11.1. The number of rotatable bonds is 4. The monoisotopic (exact) mass is 305 g/mol. The second kappa shape index (κ2) is 6.36. The van der Waals surface area contributed by atoms with Crippen molar-refractivity contribution in [3.05, 3.63) is 60.9 Å². The minimum Gasteiger partial charge on any atom is -0.399 e. The van der Waals surface area contributed by atoms with Crippen LogP contribution in [0.3, 0.4) is 0 Å². The van der Waals surface area contributed by atoms with Gasteiger partial charge in [-0.05, 0) is 30.3 Å². The Morgan fingerprint density at radius 3 is 2.57 bits per heavy atom. The van der Waals surface area contributed by atoms with Crippen LogP contribution in [0.2, 0.25) is 0 Å². The maximum Gasteiger partial charge on any atom is 0.134 e. The van der Waals surface area contributed by atoms with E-state index in [2.05, 4.69) is 32.3 Å². The van der Waals surface area contributed by atoms with Gasteiger partial charge in [-0.25, -0.2) is 9.97 Å². The van der Waals surface area contributed by atoms with Gasteiger partial charge in [0.1, 0.15) is 12.1 Å². The highest BCUT2D eigenvalue weighted by Gasteiger charge is 2.05. The van der Waals surface area contributed by atoms with E-state index >= 15 is 0 Å². The Labute approximate surface area is 135 Å². The van der Waals surface area contributed by atoms with Crippen LogP contribution in [-0.2, 0) is 0 Å². The summed E-state index contributed by atoms with van der Waals surface area (Å²) in [5, 5.41) is 3.25. The third-order valence-electron chi connectivity index (χ3n) is 3.48. The Hall–Kier alpha value is -3.08. The molecule has 0 aliphatic rings. The normalized spacial score (nSPS) is 10.3. The molecule has 0 fully saturated rings. The average molecular weight is 305 g/mol. The second-order valence-electron chi connectivity index (χ2n) is 5.48. The van der Waals surface area contributed by atoms with E-state index in [0.29, 0.717) is 5.69 Å². The molecular weight excluding hydrogens is 286 g/mol. The van der Waals surface area contributed by atoms with E-state index in [1.807, 2.05) is 56.6 Å². The molecule has 3 rings (SSSR count). The molecule has 0 spiro atoms. The largest absolute Gasteiger partial charge is 0.399 e. The van der Waals surface area contributed by atoms with Gasteiger partial charge in [0.15, 0.2) is 0 Å². The van der Waals surface area contributed by atoms with Crippen LogP contribution in [0.5, 0.6) is 0 Å². The van der Waals surface area contributed by atoms with Crippen LogP contribution in [0.4, 0.5) is 22.9 Å². The lowest BCUT2D eigenvalue weighted by Crippen LogP contribution is -2.08. The Bertz CT molecular complexity index is 814. The molecule has 2 aromatic carbocycles. The van der Waals surface area contributed by atoms with Gasteiger partial charge in [0.25, 0.3) is 0 Å². The molecule has 0 amide bonds. The summed E-state index contributed by atoms with van der Waals surface area (Å²) >= 11 is 0. The van der Waals surface area contributed by atoms with Crippen molar-refractivity contribution >= 4 is 22.9 Å². The highest BCUT2D eigenvalue weighted by atomic mass is 15.1. The fraction of sp³-hybridized carbons (Fsp3) is 0.111. The first kappa shape index (κ1) is 14.8. The van der Waals surface area contributed by atoms with Crippen LogP contribution in [-0.4, -0.2) is 24.1 Å². The number of nitrogens with one attached hydrogen (secondary N) is 1. The Morgan fingerprint density at radius 1 is 0.957 bits per heavy atom. The lowest BCUT2D eigenvalue weighted by Gasteiger charge is -2.13. The van der Waals surface area contributed by atoms with Gasteiger partial charge in [-0.1, -0.05) is 18.2 Å². The van der Waals surface area contributed by atoms with Crippen molar-refractivity contribution in [1.82, 2.24) is 9.97 Å². The summed E-state index contributed by atoms with van der Waals surface area (Å²) in [5.74, 6) is 0.732. The molecule has 0 aliphatic heterocycles. The van der Waals surface area contributed by atoms with E-state index in [1.165, 1.54) is 0 Å². The zero-order valence-corrected chi connectivity index (χ0v) is 13.2. The molecule has 0 unspecified atom stereocenters. The van der Waals surface area contributed by atoms with Crippen molar-refractivity contribution in [2.24, 2.45) is 0 Å². The van der Waals surface area contributed by atoms with E-state index in [-0.39, 0.29) is 0 Å². The minimum atomic E-state index is 0.711. The molecule has 5 heteroatoms. The molecule has 3 N–H and O–H groups in total. The van der Waals surface area contributed by atoms with E-state index in [9.17, 15) is 0 Å². The SMILES string of the molecule is CN(C)c1cccc(-c2cc(Nc3cccc(N)c3)ncn2)c1. The second-order valence-corrected chi connectivity index (χ2v) is 5.48. The summed E-state index contributed by atoms with van der Waals surface area (Å²) in [5.41, 5.74) is 10.5. The van der Waals surface area contributed by atoms with Crippen LogP contribution >= 0.6 is 0 Å². The molecule has 0 saturated heterocycles. The van der Waals surface area contributed by atoms with Crippen LogP contribution in [0, 0.1) is 0 Å². The Kier molecular flexibility index (Phi) is 4.10. The van der Waals surface area contributed by atoms with Crippen LogP contribution < -0.4 is 16.0 Å². The molecule has 1 aromatic heterocycles. The summed E-state index contributed by atoms with van der Waals surface area (Å²) < 4.78 is 0. The maximum absolute atomic E-state index is 5.80. The number of nitrogens with two attached hydrogens (primary N) is 1. The Balaban J connectivity index is 1.89. The van der Waals surface area contributed by atoms with Gasteiger partial charge in [0.2, 0.25) is 0 Å². The fourth-order valence-corrected chi connectivity index (χ4v) is 2.29. The maximum atomic E-state index is 5.80. The highest BCUT2D eigenvalue weighted by molar-refractivity contribution is 5.69. The van der Waals surface area contributed by atoms with Crippen molar-refractivity contribution in [3.8, 4) is 11.3 Å². The highest BCUT2D eigenvalue weighted by Crippen LogP contribution is 2.24. The van der Waals surface area contributed by atoms with E-state index in [0.717, 1.165) is 28.5 Å². The number of nitrogen functional groups attached to an aromatic ring is 1. The lowest BCUT2D eigenvalue weighted by atomic mass is 10.1. The van der Waals surface area contributed by atoms with Gasteiger partial charge in [-0.3, -0.25) is 0 Å². The number of benzene rings is 2. The number of anilines is 4. The number of hydrogen-bond donors (Lipinski definition) is 2. The quantitative estimate of drug-likeness (QED) is 0.722. The molecule has 3 aromatic rings. The topological polar surface area (TPSA) is 67.1 Å². The first-order valence-corrected chi connectivity index (χ1v) is 7.34.